The van der Waals surface area contributed by atoms with Crippen molar-refractivity contribution in [3.8, 4) is 6.07 Å². The Kier molecular flexibility index (Phi) is 5.48. The Labute approximate surface area is 158 Å². The maximum atomic E-state index is 12.6. The van der Waals surface area contributed by atoms with Crippen molar-refractivity contribution in [1.82, 2.24) is 4.98 Å². The van der Waals surface area contributed by atoms with Gasteiger partial charge in [0.15, 0.2) is 0 Å². The second-order valence-electron chi connectivity index (χ2n) is 6.16. The first-order valence-electron chi connectivity index (χ1n) is 8.71. The van der Waals surface area contributed by atoms with Gasteiger partial charge in [0.25, 0.3) is 5.91 Å². The summed E-state index contributed by atoms with van der Waals surface area (Å²) in [5, 5.41) is 11.8. The first-order chi connectivity index (χ1) is 13.1. The fourth-order valence-corrected chi connectivity index (χ4v) is 2.88. The molecule has 134 valence electrons. The third-order valence-electron chi connectivity index (χ3n) is 4.18. The molecular formula is C22H20N4O. The predicted octanol–water partition coefficient (Wildman–Crippen LogP) is 4.67. The molecule has 0 unspecified atom stereocenters. The molecule has 0 aliphatic carbocycles. The van der Waals surface area contributed by atoms with Gasteiger partial charge in [-0.15, -0.1) is 0 Å². The molecule has 0 atom stereocenters. The van der Waals surface area contributed by atoms with Crippen molar-refractivity contribution in [3.05, 3.63) is 83.7 Å². The van der Waals surface area contributed by atoms with Gasteiger partial charge in [0.1, 0.15) is 0 Å². The quantitative estimate of drug-likeness (QED) is 0.721. The van der Waals surface area contributed by atoms with Crippen molar-refractivity contribution in [2.24, 2.45) is 0 Å². The van der Waals surface area contributed by atoms with E-state index >= 15 is 0 Å². The molecule has 1 N–H and O–H groups in total. The number of hydrogen-bond donors (Lipinski definition) is 1. The molecule has 0 aliphatic rings. The zero-order chi connectivity index (χ0) is 19.2. The fourth-order valence-electron chi connectivity index (χ4n) is 2.88. The van der Waals surface area contributed by atoms with Crippen LogP contribution in [0.15, 0.2) is 67.0 Å². The molecule has 0 radical (unpaired) electrons. The summed E-state index contributed by atoms with van der Waals surface area (Å²) in [6, 6.07) is 18.9. The first kappa shape index (κ1) is 18.2. The van der Waals surface area contributed by atoms with E-state index in [1.54, 1.807) is 30.5 Å². The Morgan fingerprint density at radius 2 is 1.93 bits per heavy atom. The van der Waals surface area contributed by atoms with E-state index in [1.807, 2.05) is 18.2 Å². The molecule has 1 aromatic heterocycles. The number of amides is 1. The highest BCUT2D eigenvalue weighted by atomic mass is 16.1. The van der Waals surface area contributed by atoms with Crippen LogP contribution in [0.25, 0.3) is 0 Å². The van der Waals surface area contributed by atoms with Gasteiger partial charge in [-0.2, -0.15) is 5.26 Å². The molecule has 2 aromatic carbocycles. The zero-order valence-corrected chi connectivity index (χ0v) is 15.3. The van der Waals surface area contributed by atoms with Crippen LogP contribution in [0.1, 0.15) is 28.4 Å². The summed E-state index contributed by atoms with van der Waals surface area (Å²) >= 11 is 0. The van der Waals surface area contributed by atoms with Gasteiger partial charge >= 0.3 is 0 Å². The molecule has 0 saturated carbocycles. The van der Waals surface area contributed by atoms with Crippen LogP contribution < -0.4 is 10.2 Å². The standard InChI is InChI=1S/C22H20N4O/c1-3-26(20-9-4-6-16(2)10-20)21-12-18(14-24-15-21)22(27)25-19-8-5-7-17(11-19)13-23/h4-12,14-15H,3H2,1-2H3,(H,25,27). The van der Waals surface area contributed by atoms with Gasteiger partial charge in [-0.1, -0.05) is 18.2 Å². The second kappa shape index (κ2) is 8.15. The van der Waals surface area contributed by atoms with Crippen LogP contribution >= 0.6 is 0 Å². The number of benzene rings is 2. The number of anilines is 3. The molecule has 0 bridgehead atoms. The summed E-state index contributed by atoms with van der Waals surface area (Å²) < 4.78 is 0. The van der Waals surface area contributed by atoms with Crippen LogP contribution in [0.4, 0.5) is 17.1 Å². The van der Waals surface area contributed by atoms with Crippen LogP contribution in [0.2, 0.25) is 0 Å². The number of pyridine rings is 1. The lowest BCUT2D eigenvalue weighted by Crippen LogP contribution is -2.18. The number of carbonyl (C=O) groups excluding carboxylic acids is 1. The Bertz CT molecular complexity index is 1010. The number of nitrogens with one attached hydrogen (secondary N) is 1. The number of aryl methyl sites for hydroxylation is 1. The van der Waals surface area contributed by atoms with Gasteiger partial charge in [-0.05, 0) is 55.8 Å². The van der Waals surface area contributed by atoms with E-state index < -0.39 is 0 Å². The predicted molar refractivity (Wildman–Crippen MR) is 107 cm³/mol. The van der Waals surface area contributed by atoms with Gasteiger partial charge < -0.3 is 10.2 Å². The van der Waals surface area contributed by atoms with E-state index in [0.29, 0.717) is 16.8 Å². The minimum atomic E-state index is -0.264. The number of hydrogen-bond acceptors (Lipinski definition) is 4. The Hall–Kier alpha value is -3.65. The number of aromatic nitrogens is 1. The molecule has 1 amide bonds. The zero-order valence-electron chi connectivity index (χ0n) is 15.3. The molecule has 27 heavy (non-hydrogen) atoms. The maximum Gasteiger partial charge on any atom is 0.257 e. The largest absolute Gasteiger partial charge is 0.340 e. The first-order valence-corrected chi connectivity index (χ1v) is 8.71. The molecule has 0 fully saturated rings. The highest BCUT2D eigenvalue weighted by Gasteiger charge is 2.12. The van der Waals surface area contributed by atoms with Crippen molar-refractivity contribution in [2.75, 3.05) is 16.8 Å². The van der Waals surface area contributed by atoms with E-state index in [1.165, 1.54) is 11.8 Å². The monoisotopic (exact) mass is 356 g/mol. The number of nitrogens with zero attached hydrogens (tertiary/aromatic N) is 3. The van der Waals surface area contributed by atoms with E-state index in [9.17, 15) is 4.79 Å². The lowest BCUT2D eigenvalue weighted by molar-refractivity contribution is 0.102. The molecular weight excluding hydrogens is 336 g/mol. The van der Waals surface area contributed by atoms with Crippen molar-refractivity contribution >= 4 is 23.0 Å². The highest BCUT2D eigenvalue weighted by Crippen LogP contribution is 2.26. The Balaban J connectivity index is 1.85. The average Bonchev–Trinajstić information content (AvgIpc) is 2.69. The van der Waals surface area contributed by atoms with Crippen molar-refractivity contribution in [2.45, 2.75) is 13.8 Å². The molecule has 5 heteroatoms. The van der Waals surface area contributed by atoms with E-state index in [4.69, 9.17) is 5.26 Å². The summed E-state index contributed by atoms with van der Waals surface area (Å²) in [6.07, 6.45) is 3.29. The van der Waals surface area contributed by atoms with Gasteiger partial charge in [0, 0.05) is 24.1 Å². The summed E-state index contributed by atoms with van der Waals surface area (Å²) in [4.78, 5) is 19.0. The maximum absolute atomic E-state index is 12.6. The SMILES string of the molecule is CCN(c1cccc(C)c1)c1cncc(C(=O)Nc2cccc(C#N)c2)c1. The minimum absolute atomic E-state index is 0.264. The molecule has 1 heterocycles. The number of carbonyl (C=O) groups is 1. The van der Waals surface area contributed by atoms with Crippen molar-refractivity contribution < 1.29 is 4.79 Å². The molecule has 0 saturated heterocycles. The van der Waals surface area contributed by atoms with Gasteiger partial charge in [-0.3, -0.25) is 9.78 Å². The van der Waals surface area contributed by atoms with Crippen LogP contribution in [0.3, 0.4) is 0 Å². The Morgan fingerprint density at radius 3 is 2.67 bits per heavy atom. The molecule has 0 spiro atoms. The molecule has 0 aliphatic heterocycles. The lowest BCUT2D eigenvalue weighted by Gasteiger charge is -2.23. The van der Waals surface area contributed by atoms with Gasteiger partial charge in [0.05, 0.1) is 29.1 Å². The number of rotatable bonds is 5. The molecule has 3 aromatic rings. The van der Waals surface area contributed by atoms with Crippen LogP contribution in [0, 0.1) is 18.3 Å². The lowest BCUT2D eigenvalue weighted by atomic mass is 10.1. The van der Waals surface area contributed by atoms with Crippen LogP contribution in [-0.2, 0) is 0 Å². The van der Waals surface area contributed by atoms with E-state index in [2.05, 4.69) is 47.3 Å². The van der Waals surface area contributed by atoms with Crippen LogP contribution in [0.5, 0.6) is 0 Å². The van der Waals surface area contributed by atoms with E-state index in [0.717, 1.165) is 17.9 Å². The summed E-state index contributed by atoms with van der Waals surface area (Å²) in [5.74, 6) is -0.264. The molecule has 3 rings (SSSR count). The minimum Gasteiger partial charge on any atom is -0.340 e. The van der Waals surface area contributed by atoms with Gasteiger partial charge in [0.2, 0.25) is 0 Å². The third-order valence-corrected chi connectivity index (χ3v) is 4.18. The van der Waals surface area contributed by atoms with Crippen molar-refractivity contribution in [3.63, 3.8) is 0 Å². The van der Waals surface area contributed by atoms with E-state index in [-0.39, 0.29) is 5.91 Å². The Morgan fingerprint density at radius 1 is 1.11 bits per heavy atom. The highest BCUT2D eigenvalue weighted by molar-refractivity contribution is 6.04. The summed E-state index contributed by atoms with van der Waals surface area (Å²) in [5.41, 5.74) is 4.61. The van der Waals surface area contributed by atoms with Crippen molar-refractivity contribution in [1.29, 1.82) is 5.26 Å². The average molecular weight is 356 g/mol. The third kappa shape index (κ3) is 4.31. The van der Waals surface area contributed by atoms with Crippen LogP contribution in [-0.4, -0.2) is 17.4 Å². The molecule has 5 nitrogen and oxygen atoms in total. The smallest absolute Gasteiger partial charge is 0.257 e. The topological polar surface area (TPSA) is 69.0 Å². The normalized spacial score (nSPS) is 10.1. The fraction of sp³-hybridized carbons (Fsp3) is 0.136. The summed E-state index contributed by atoms with van der Waals surface area (Å²) in [6.45, 7) is 4.86. The summed E-state index contributed by atoms with van der Waals surface area (Å²) in [7, 11) is 0. The number of nitriles is 1. The van der Waals surface area contributed by atoms with Gasteiger partial charge in [-0.25, -0.2) is 0 Å². The second-order valence-corrected chi connectivity index (χ2v) is 6.16.